The van der Waals surface area contributed by atoms with E-state index in [1.807, 2.05) is 0 Å². The van der Waals surface area contributed by atoms with Crippen LogP contribution in [0.3, 0.4) is 0 Å². The van der Waals surface area contributed by atoms with Crippen molar-refractivity contribution >= 4 is 5.97 Å². The van der Waals surface area contributed by atoms with Crippen LogP contribution in [-0.2, 0) is 14.3 Å². The molecule has 0 amide bonds. The van der Waals surface area contributed by atoms with Gasteiger partial charge in [0.15, 0.2) is 0 Å². The Hall–Kier alpha value is -1.91. The lowest BCUT2D eigenvalue weighted by molar-refractivity contribution is -0.154. The number of esters is 1. The Labute approximate surface area is 343 Å². The smallest absolute Gasteiger partial charge is 0.306 e. The van der Waals surface area contributed by atoms with Crippen molar-refractivity contribution in [3.8, 4) is 0 Å². The molecule has 0 aromatic rings. The molecule has 4 heteroatoms. The van der Waals surface area contributed by atoms with E-state index in [9.17, 15) is 9.90 Å². The van der Waals surface area contributed by atoms with E-state index in [-0.39, 0.29) is 19.2 Å². The van der Waals surface area contributed by atoms with Crippen LogP contribution in [0.2, 0.25) is 0 Å². The molecular formula is C51H92O4. The molecule has 0 fully saturated rings. The van der Waals surface area contributed by atoms with Crippen LogP contribution >= 0.6 is 0 Å². The summed E-state index contributed by atoms with van der Waals surface area (Å²) in [6.07, 6.45) is 64.3. The molecule has 0 radical (unpaired) electrons. The van der Waals surface area contributed by atoms with Crippen molar-refractivity contribution in [2.45, 2.75) is 238 Å². The van der Waals surface area contributed by atoms with Crippen molar-refractivity contribution in [1.29, 1.82) is 0 Å². The fourth-order valence-electron chi connectivity index (χ4n) is 6.72. The van der Waals surface area contributed by atoms with Crippen molar-refractivity contribution in [2.24, 2.45) is 0 Å². The van der Waals surface area contributed by atoms with Gasteiger partial charge in [0, 0.05) is 13.0 Å². The second-order valence-electron chi connectivity index (χ2n) is 15.8. The highest BCUT2D eigenvalue weighted by molar-refractivity contribution is 5.69. The summed E-state index contributed by atoms with van der Waals surface area (Å²) in [5, 5.41) is 9.63. The normalized spacial score (nSPS) is 12.9. The third-order valence-electron chi connectivity index (χ3n) is 10.3. The number of aliphatic hydroxyl groups is 1. The van der Waals surface area contributed by atoms with Crippen LogP contribution in [-0.4, -0.2) is 37.0 Å². The topological polar surface area (TPSA) is 55.8 Å². The van der Waals surface area contributed by atoms with E-state index < -0.39 is 6.10 Å². The van der Waals surface area contributed by atoms with Crippen LogP contribution in [0.15, 0.2) is 60.8 Å². The first-order chi connectivity index (χ1) is 27.2. The second-order valence-corrected chi connectivity index (χ2v) is 15.8. The summed E-state index contributed by atoms with van der Waals surface area (Å²) in [5.41, 5.74) is 0. The minimum absolute atomic E-state index is 0.178. The molecule has 55 heavy (non-hydrogen) atoms. The predicted octanol–water partition coefficient (Wildman–Crippen LogP) is 16.0. The number of carbonyl (C=O) groups excluding carboxylic acids is 1. The van der Waals surface area contributed by atoms with Gasteiger partial charge < -0.3 is 14.6 Å². The van der Waals surface area contributed by atoms with E-state index in [2.05, 4.69) is 74.6 Å². The van der Waals surface area contributed by atoms with Gasteiger partial charge in [0.1, 0.15) is 6.10 Å². The van der Waals surface area contributed by atoms with E-state index in [1.165, 1.54) is 173 Å². The number of carbonyl (C=O) groups is 1. The maximum Gasteiger partial charge on any atom is 0.306 e. The number of unbranched alkanes of at least 4 members (excludes halogenated alkanes) is 26. The third-order valence-corrected chi connectivity index (χ3v) is 10.3. The van der Waals surface area contributed by atoms with E-state index >= 15 is 0 Å². The Morgan fingerprint density at radius 1 is 0.436 bits per heavy atom. The molecule has 0 aromatic carbocycles. The summed E-state index contributed by atoms with van der Waals surface area (Å²) < 4.78 is 11.2. The van der Waals surface area contributed by atoms with E-state index in [0.717, 1.165) is 38.5 Å². The molecule has 0 heterocycles. The van der Waals surface area contributed by atoms with Gasteiger partial charge in [-0.2, -0.15) is 0 Å². The summed E-state index contributed by atoms with van der Waals surface area (Å²) in [7, 11) is 0. The van der Waals surface area contributed by atoms with Crippen LogP contribution in [0.4, 0.5) is 0 Å². The average molecular weight is 769 g/mol. The molecule has 0 aliphatic heterocycles. The van der Waals surface area contributed by atoms with Crippen molar-refractivity contribution in [3.05, 3.63) is 60.8 Å². The first-order valence-corrected chi connectivity index (χ1v) is 23.9. The molecule has 1 unspecified atom stereocenters. The molecule has 0 saturated carbocycles. The zero-order valence-electron chi connectivity index (χ0n) is 36.7. The van der Waals surface area contributed by atoms with Gasteiger partial charge in [0.25, 0.3) is 0 Å². The first-order valence-electron chi connectivity index (χ1n) is 23.9. The monoisotopic (exact) mass is 769 g/mol. The molecule has 0 saturated heterocycles. The van der Waals surface area contributed by atoms with Crippen molar-refractivity contribution in [3.63, 3.8) is 0 Å². The van der Waals surface area contributed by atoms with Crippen LogP contribution < -0.4 is 0 Å². The van der Waals surface area contributed by atoms with E-state index in [4.69, 9.17) is 9.47 Å². The van der Waals surface area contributed by atoms with Gasteiger partial charge >= 0.3 is 5.97 Å². The molecule has 0 bridgehead atoms. The number of allylic oxidation sites excluding steroid dienone is 10. The van der Waals surface area contributed by atoms with Gasteiger partial charge in [0.2, 0.25) is 0 Å². The van der Waals surface area contributed by atoms with Gasteiger partial charge in [-0.3, -0.25) is 4.79 Å². The number of rotatable bonds is 44. The molecule has 320 valence electrons. The Balaban J connectivity index is 3.45. The van der Waals surface area contributed by atoms with Crippen molar-refractivity contribution < 1.29 is 19.4 Å². The summed E-state index contributed by atoms with van der Waals surface area (Å²) in [6.45, 7) is 5.30. The molecule has 0 aliphatic rings. The molecule has 4 nitrogen and oxygen atoms in total. The van der Waals surface area contributed by atoms with Crippen LogP contribution in [0.5, 0.6) is 0 Å². The lowest BCUT2D eigenvalue weighted by atomic mass is 10.0. The van der Waals surface area contributed by atoms with Gasteiger partial charge in [-0.25, -0.2) is 0 Å². The van der Waals surface area contributed by atoms with Gasteiger partial charge in [-0.15, -0.1) is 0 Å². The molecule has 1 N–H and O–H groups in total. The number of hydrogen-bond acceptors (Lipinski definition) is 4. The predicted molar refractivity (Wildman–Crippen MR) is 242 cm³/mol. The van der Waals surface area contributed by atoms with Crippen LogP contribution in [0.25, 0.3) is 0 Å². The maximum atomic E-state index is 12.2. The number of hydrogen-bond donors (Lipinski definition) is 1. The standard InChI is InChI=1S/C51H92O4/c1-3-5-7-9-11-13-15-17-19-21-23-25-26-27-28-30-32-34-36-38-40-42-44-46-51(53)55-50(48-52)49-54-47-45-43-41-39-37-35-33-31-29-24-22-20-18-16-14-12-10-8-6-4-2/h12,14-15,17-18,20-21,23-24,29,50,52H,3-11,13,16,19,22,25-28,30-49H2,1-2H3/b14-12-,17-15-,20-18-,23-21-,29-24-. The van der Waals surface area contributed by atoms with Gasteiger partial charge in [-0.1, -0.05) is 203 Å². The fraction of sp³-hybridized carbons (Fsp3) is 0.784. The molecule has 1 atom stereocenters. The van der Waals surface area contributed by atoms with Crippen molar-refractivity contribution in [2.75, 3.05) is 19.8 Å². The van der Waals surface area contributed by atoms with E-state index in [1.54, 1.807) is 0 Å². The molecule has 0 aliphatic carbocycles. The summed E-state index contributed by atoms with van der Waals surface area (Å²) in [5.74, 6) is -0.206. The van der Waals surface area contributed by atoms with Gasteiger partial charge in [-0.05, 0) is 83.5 Å². The highest BCUT2D eigenvalue weighted by atomic mass is 16.6. The Morgan fingerprint density at radius 2 is 0.764 bits per heavy atom. The minimum Gasteiger partial charge on any atom is -0.457 e. The average Bonchev–Trinajstić information content (AvgIpc) is 3.19. The molecule has 0 aromatic heterocycles. The Kier molecular flexibility index (Phi) is 46.6. The lowest BCUT2D eigenvalue weighted by Crippen LogP contribution is -2.27. The summed E-state index contributed by atoms with van der Waals surface area (Å²) >= 11 is 0. The Bertz CT molecular complexity index is 900. The largest absolute Gasteiger partial charge is 0.457 e. The zero-order chi connectivity index (χ0) is 39.8. The SMILES string of the molecule is CCCCC/C=C\C/C=C\C/C=C\CCCCCCCCCOCC(CO)OC(=O)CCCCCCCCCCCCC/C=C\C/C=C\CCCCCCC. The fourth-order valence-corrected chi connectivity index (χ4v) is 6.72. The lowest BCUT2D eigenvalue weighted by Gasteiger charge is -2.16. The second kappa shape index (κ2) is 48.2. The van der Waals surface area contributed by atoms with Gasteiger partial charge in [0.05, 0.1) is 13.2 Å². The first kappa shape index (κ1) is 53.1. The molecular weight excluding hydrogens is 677 g/mol. The number of ether oxygens (including phenoxy) is 2. The maximum absolute atomic E-state index is 12.2. The number of aliphatic hydroxyl groups excluding tert-OH is 1. The minimum atomic E-state index is -0.543. The molecule has 0 rings (SSSR count). The Morgan fingerprint density at radius 3 is 1.18 bits per heavy atom. The molecule has 0 spiro atoms. The van der Waals surface area contributed by atoms with Crippen molar-refractivity contribution in [1.82, 2.24) is 0 Å². The van der Waals surface area contributed by atoms with Crippen LogP contribution in [0, 0.1) is 0 Å². The highest BCUT2D eigenvalue weighted by Crippen LogP contribution is 2.14. The van der Waals surface area contributed by atoms with E-state index in [0.29, 0.717) is 13.0 Å². The summed E-state index contributed by atoms with van der Waals surface area (Å²) in [6, 6.07) is 0. The van der Waals surface area contributed by atoms with Crippen LogP contribution in [0.1, 0.15) is 232 Å². The highest BCUT2D eigenvalue weighted by Gasteiger charge is 2.13. The third kappa shape index (κ3) is 46.4. The quantitative estimate of drug-likeness (QED) is 0.0381. The zero-order valence-corrected chi connectivity index (χ0v) is 36.7. The summed E-state index contributed by atoms with van der Waals surface area (Å²) in [4.78, 5) is 12.2.